The molecule has 0 amide bonds. The summed E-state index contributed by atoms with van der Waals surface area (Å²) in [5.74, 6) is 0.920. The number of benzene rings is 1. The molecule has 1 aliphatic heterocycles. The first-order valence-electron chi connectivity index (χ1n) is 6.60. The fourth-order valence-corrected chi connectivity index (χ4v) is 2.50. The Balaban J connectivity index is 1.65. The number of aromatic nitrogens is 1. The molecule has 4 nitrogen and oxygen atoms in total. The van der Waals surface area contributed by atoms with E-state index in [1.165, 1.54) is 10.9 Å². The average molecular weight is 277 g/mol. The maximum Gasteiger partial charge on any atom is 0.191 e. The molecule has 5 heteroatoms. The number of guanidine groups is 1. The molecule has 2 aromatic rings. The summed E-state index contributed by atoms with van der Waals surface area (Å²) >= 11 is 6.04. The minimum absolute atomic E-state index is 0.777. The second-order valence-electron chi connectivity index (χ2n) is 4.69. The van der Waals surface area contributed by atoms with Crippen LogP contribution >= 0.6 is 11.6 Å². The van der Waals surface area contributed by atoms with E-state index in [-0.39, 0.29) is 0 Å². The van der Waals surface area contributed by atoms with Crippen molar-refractivity contribution >= 4 is 28.5 Å². The summed E-state index contributed by atoms with van der Waals surface area (Å²) in [5.41, 5.74) is 2.41. The Bertz CT molecular complexity index is 603. The molecule has 19 heavy (non-hydrogen) atoms. The van der Waals surface area contributed by atoms with Crippen LogP contribution < -0.4 is 10.6 Å². The highest BCUT2D eigenvalue weighted by Gasteiger charge is 2.06. The monoisotopic (exact) mass is 276 g/mol. The van der Waals surface area contributed by atoms with Crippen LogP contribution in [0.2, 0.25) is 5.02 Å². The van der Waals surface area contributed by atoms with Crippen molar-refractivity contribution in [2.75, 3.05) is 19.6 Å². The molecule has 3 N–H and O–H groups in total. The smallest absolute Gasteiger partial charge is 0.191 e. The number of hydrogen-bond acceptors (Lipinski definition) is 3. The fraction of sp³-hybridized carbons (Fsp3) is 0.357. The summed E-state index contributed by atoms with van der Waals surface area (Å²) in [6.07, 6.45) is 4.12. The molecule has 0 fully saturated rings. The summed E-state index contributed by atoms with van der Waals surface area (Å²) in [6.45, 7) is 2.79. The molecular formula is C14H17ClN4. The standard InChI is InChI=1S/C14H17ClN4/c15-11-2-3-13-12(8-11)10(9-19-13)4-7-18-14-16-5-1-6-17-14/h2-3,8-9,19H,1,4-7H2,(H2,16,17,18). The number of rotatable bonds is 3. The molecule has 0 spiro atoms. The van der Waals surface area contributed by atoms with Crippen molar-refractivity contribution < 1.29 is 0 Å². The highest BCUT2D eigenvalue weighted by Crippen LogP contribution is 2.22. The number of H-pyrrole nitrogens is 1. The van der Waals surface area contributed by atoms with Gasteiger partial charge in [-0.15, -0.1) is 0 Å². The van der Waals surface area contributed by atoms with Crippen LogP contribution in [0.25, 0.3) is 10.9 Å². The molecule has 2 heterocycles. The van der Waals surface area contributed by atoms with Gasteiger partial charge in [0.15, 0.2) is 5.96 Å². The molecule has 0 bridgehead atoms. The lowest BCUT2D eigenvalue weighted by molar-refractivity contribution is 0.700. The third-order valence-electron chi connectivity index (χ3n) is 3.31. The van der Waals surface area contributed by atoms with Crippen LogP contribution in [0.5, 0.6) is 0 Å². The van der Waals surface area contributed by atoms with E-state index >= 15 is 0 Å². The van der Waals surface area contributed by atoms with Gasteiger partial charge in [-0.3, -0.25) is 4.99 Å². The largest absolute Gasteiger partial charge is 0.361 e. The number of aliphatic imine (C=N–C) groups is 1. The third-order valence-corrected chi connectivity index (χ3v) is 3.55. The van der Waals surface area contributed by atoms with Gasteiger partial charge >= 0.3 is 0 Å². The van der Waals surface area contributed by atoms with E-state index in [0.717, 1.165) is 49.0 Å². The summed E-state index contributed by atoms with van der Waals surface area (Å²) in [6, 6.07) is 5.93. The molecular weight excluding hydrogens is 260 g/mol. The SMILES string of the molecule is Clc1ccc2[nH]cc(CCNC3=NCCCN3)c2c1. The summed E-state index contributed by atoms with van der Waals surface area (Å²) in [5, 5.41) is 8.57. The van der Waals surface area contributed by atoms with Gasteiger partial charge < -0.3 is 15.6 Å². The fourth-order valence-electron chi connectivity index (χ4n) is 2.32. The summed E-state index contributed by atoms with van der Waals surface area (Å²) in [7, 11) is 0. The van der Waals surface area contributed by atoms with Crippen molar-refractivity contribution in [1.82, 2.24) is 15.6 Å². The van der Waals surface area contributed by atoms with E-state index < -0.39 is 0 Å². The van der Waals surface area contributed by atoms with E-state index in [9.17, 15) is 0 Å². The van der Waals surface area contributed by atoms with Gasteiger partial charge in [0.25, 0.3) is 0 Å². The highest BCUT2D eigenvalue weighted by molar-refractivity contribution is 6.31. The van der Waals surface area contributed by atoms with E-state index in [1.54, 1.807) is 0 Å². The van der Waals surface area contributed by atoms with Gasteiger partial charge in [0, 0.05) is 41.8 Å². The van der Waals surface area contributed by atoms with Gasteiger partial charge in [-0.1, -0.05) is 11.6 Å². The van der Waals surface area contributed by atoms with Crippen molar-refractivity contribution in [3.05, 3.63) is 35.0 Å². The maximum absolute atomic E-state index is 6.04. The molecule has 0 atom stereocenters. The molecule has 0 saturated carbocycles. The Morgan fingerprint density at radius 3 is 3.16 bits per heavy atom. The number of hydrogen-bond donors (Lipinski definition) is 3. The third kappa shape index (κ3) is 2.84. The summed E-state index contributed by atoms with van der Waals surface area (Å²) < 4.78 is 0. The number of nitrogens with zero attached hydrogens (tertiary/aromatic N) is 1. The first-order chi connectivity index (χ1) is 9.33. The lowest BCUT2D eigenvalue weighted by Crippen LogP contribution is -2.41. The van der Waals surface area contributed by atoms with Crippen LogP contribution in [0.1, 0.15) is 12.0 Å². The van der Waals surface area contributed by atoms with Crippen molar-refractivity contribution in [2.45, 2.75) is 12.8 Å². The van der Waals surface area contributed by atoms with Crippen LogP contribution in [0.4, 0.5) is 0 Å². The van der Waals surface area contributed by atoms with Gasteiger partial charge in [-0.05, 0) is 36.6 Å². The van der Waals surface area contributed by atoms with Crippen molar-refractivity contribution in [2.24, 2.45) is 4.99 Å². The zero-order valence-corrected chi connectivity index (χ0v) is 11.4. The van der Waals surface area contributed by atoms with E-state index in [1.807, 2.05) is 18.2 Å². The average Bonchev–Trinajstić information content (AvgIpc) is 2.83. The van der Waals surface area contributed by atoms with Gasteiger partial charge in [0.05, 0.1) is 0 Å². The van der Waals surface area contributed by atoms with Gasteiger partial charge in [0.2, 0.25) is 0 Å². The van der Waals surface area contributed by atoms with Crippen molar-refractivity contribution in [1.29, 1.82) is 0 Å². The van der Waals surface area contributed by atoms with Gasteiger partial charge in [-0.2, -0.15) is 0 Å². The lowest BCUT2D eigenvalue weighted by Gasteiger charge is -2.15. The Hall–Kier alpha value is -1.68. The topological polar surface area (TPSA) is 52.2 Å². The molecule has 3 rings (SSSR count). The number of fused-ring (bicyclic) bond motifs is 1. The predicted octanol–water partition coefficient (Wildman–Crippen LogP) is 2.30. The number of nitrogens with one attached hydrogen (secondary N) is 3. The second-order valence-corrected chi connectivity index (χ2v) is 5.13. The van der Waals surface area contributed by atoms with Crippen molar-refractivity contribution in [3.63, 3.8) is 0 Å². The quantitative estimate of drug-likeness (QED) is 0.806. The van der Waals surface area contributed by atoms with Crippen molar-refractivity contribution in [3.8, 4) is 0 Å². The van der Waals surface area contributed by atoms with Crippen LogP contribution in [-0.2, 0) is 6.42 Å². The zero-order valence-electron chi connectivity index (χ0n) is 10.7. The predicted molar refractivity (Wildman–Crippen MR) is 79.9 cm³/mol. The molecule has 1 aromatic carbocycles. The normalized spacial score (nSPS) is 15.1. The number of halogens is 1. The molecule has 0 radical (unpaired) electrons. The Kier molecular flexibility index (Phi) is 3.60. The van der Waals surface area contributed by atoms with E-state index in [0.29, 0.717) is 0 Å². The Morgan fingerprint density at radius 1 is 1.37 bits per heavy atom. The van der Waals surface area contributed by atoms with E-state index in [2.05, 4.69) is 26.8 Å². The molecule has 0 aliphatic carbocycles. The van der Waals surface area contributed by atoms with Crippen LogP contribution in [0, 0.1) is 0 Å². The lowest BCUT2D eigenvalue weighted by atomic mass is 10.1. The molecule has 0 saturated heterocycles. The van der Waals surface area contributed by atoms with Gasteiger partial charge in [0.1, 0.15) is 0 Å². The van der Waals surface area contributed by atoms with Crippen LogP contribution in [-0.4, -0.2) is 30.6 Å². The summed E-state index contributed by atoms with van der Waals surface area (Å²) in [4.78, 5) is 7.66. The first kappa shape index (κ1) is 12.4. The first-order valence-corrected chi connectivity index (χ1v) is 6.98. The van der Waals surface area contributed by atoms with Crippen LogP contribution in [0.3, 0.4) is 0 Å². The molecule has 1 aliphatic rings. The van der Waals surface area contributed by atoms with Gasteiger partial charge in [-0.25, -0.2) is 0 Å². The Morgan fingerprint density at radius 2 is 2.32 bits per heavy atom. The zero-order chi connectivity index (χ0) is 13.1. The minimum atomic E-state index is 0.777. The Labute approximate surface area is 117 Å². The highest BCUT2D eigenvalue weighted by atomic mass is 35.5. The van der Waals surface area contributed by atoms with Crippen LogP contribution in [0.15, 0.2) is 29.4 Å². The minimum Gasteiger partial charge on any atom is -0.361 e. The molecule has 0 unspecified atom stereocenters. The maximum atomic E-state index is 6.04. The van der Waals surface area contributed by atoms with E-state index in [4.69, 9.17) is 11.6 Å². The molecule has 1 aromatic heterocycles. The second kappa shape index (κ2) is 5.53. The molecule has 100 valence electrons. The number of aromatic amines is 1.